The maximum absolute atomic E-state index is 11.4. The SMILES string of the molecule is N#Cc1cc(N=Nc2cc(S(=O)(=O)O)ccc2S(=O)(=O)O)c(N)nc1N. The number of benzene rings is 1. The maximum atomic E-state index is 11.4. The van der Waals surface area contributed by atoms with Crippen LogP contribution in [0.4, 0.5) is 23.0 Å². The minimum absolute atomic E-state index is 0.0742. The van der Waals surface area contributed by atoms with E-state index in [1.54, 1.807) is 6.07 Å². The van der Waals surface area contributed by atoms with Gasteiger partial charge in [0, 0.05) is 0 Å². The van der Waals surface area contributed by atoms with E-state index in [1.807, 2.05) is 0 Å². The Morgan fingerprint density at radius 2 is 1.58 bits per heavy atom. The number of nitrogen functional groups attached to an aromatic ring is 2. The van der Waals surface area contributed by atoms with E-state index in [2.05, 4.69) is 15.2 Å². The summed E-state index contributed by atoms with van der Waals surface area (Å²) in [5, 5.41) is 16.0. The highest BCUT2D eigenvalue weighted by atomic mass is 32.2. The van der Waals surface area contributed by atoms with Crippen molar-refractivity contribution in [3.63, 3.8) is 0 Å². The third-order valence-electron chi connectivity index (χ3n) is 2.95. The predicted molar refractivity (Wildman–Crippen MR) is 88.0 cm³/mol. The second kappa shape index (κ2) is 6.65. The van der Waals surface area contributed by atoms with E-state index in [9.17, 15) is 21.4 Å². The molecule has 136 valence electrons. The van der Waals surface area contributed by atoms with E-state index in [0.717, 1.165) is 18.2 Å². The summed E-state index contributed by atoms with van der Waals surface area (Å²) in [6, 6.07) is 5.01. The largest absolute Gasteiger partial charge is 0.383 e. The first-order chi connectivity index (χ1) is 11.9. The number of nitrogens with zero attached hydrogens (tertiary/aromatic N) is 4. The summed E-state index contributed by atoms with van der Waals surface area (Å²) in [5.41, 5.74) is 10.2. The highest BCUT2D eigenvalue weighted by Gasteiger charge is 2.20. The molecule has 0 radical (unpaired) electrons. The highest BCUT2D eigenvalue weighted by Crippen LogP contribution is 2.31. The van der Waals surface area contributed by atoms with Gasteiger partial charge in [0.05, 0.1) is 10.5 Å². The van der Waals surface area contributed by atoms with Gasteiger partial charge in [-0.3, -0.25) is 9.11 Å². The Hall–Kier alpha value is -3.12. The molecule has 26 heavy (non-hydrogen) atoms. The number of pyridine rings is 1. The quantitative estimate of drug-likeness (QED) is 0.422. The van der Waals surface area contributed by atoms with Crippen LogP contribution in [0, 0.1) is 11.3 Å². The van der Waals surface area contributed by atoms with Gasteiger partial charge in [0.2, 0.25) is 0 Å². The van der Waals surface area contributed by atoms with Crippen LogP contribution in [0.1, 0.15) is 5.56 Å². The summed E-state index contributed by atoms with van der Waals surface area (Å²) in [6.07, 6.45) is 0. The lowest BCUT2D eigenvalue weighted by molar-refractivity contribution is 0.478. The minimum atomic E-state index is -4.78. The van der Waals surface area contributed by atoms with Gasteiger partial charge in [0.15, 0.2) is 5.82 Å². The number of hydrogen-bond acceptors (Lipinski definition) is 10. The number of aromatic nitrogens is 1. The first-order valence-electron chi connectivity index (χ1n) is 6.40. The standard InChI is InChI=1S/C12H10N6O6S2/c13-5-6-3-9(12(15)16-11(6)14)18-17-8-4-7(25(19,20)21)1-2-10(8)26(22,23)24/h1-4H,(H4,14,15,16)(H,19,20,21)(H,22,23,24). The number of azo groups is 1. The average Bonchev–Trinajstić information content (AvgIpc) is 2.52. The van der Waals surface area contributed by atoms with E-state index in [0.29, 0.717) is 6.07 Å². The van der Waals surface area contributed by atoms with Gasteiger partial charge in [0.25, 0.3) is 20.2 Å². The van der Waals surface area contributed by atoms with Gasteiger partial charge >= 0.3 is 0 Å². The molecule has 0 aliphatic rings. The van der Waals surface area contributed by atoms with Crippen LogP contribution in [0.15, 0.2) is 44.3 Å². The molecule has 14 heteroatoms. The van der Waals surface area contributed by atoms with Gasteiger partial charge in [-0.1, -0.05) is 0 Å². The summed E-state index contributed by atoms with van der Waals surface area (Å²) in [5.74, 6) is -0.388. The molecule has 6 N–H and O–H groups in total. The molecule has 0 bridgehead atoms. The van der Waals surface area contributed by atoms with Crippen molar-refractivity contribution in [2.45, 2.75) is 9.79 Å². The molecule has 0 atom stereocenters. The first kappa shape index (κ1) is 19.2. The Labute approximate surface area is 147 Å². The van der Waals surface area contributed by atoms with Gasteiger partial charge in [-0.25, -0.2) is 4.98 Å². The summed E-state index contributed by atoms with van der Waals surface area (Å²) >= 11 is 0. The Balaban J connectivity index is 2.65. The van der Waals surface area contributed by atoms with Gasteiger partial charge in [-0.2, -0.15) is 22.1 Å². The number of nitriles is 1. The smallest absolute Gasteiger partial charge is 0.296 e. The fourth-order valence-electron chi connectivity index (χ4n) is 1.76. The highest BCUT2D eigenvalue weighted by molar-refractivity contribution is 7.86. The second-order valence-electron chi connectivity index (χ2n) is 4.72. The van der Waals surface area contributed by atoms with Gasteiger partial charge in [0.1, 0.15) is 28.2 Å². The van der Waals surface area contributed by atoms with E-state index in [1.165, 1.54) is 0 Å². The monoisotopic (exact) mass is 398 g/mol. The lowest BCUT2D eigenvalue weighted by Crippen LogP contribution is -2.02. The van der Waals surface area contributed by atoms with Gasteiger partial charge in [-0.15, -0.1) is 10.2 Å². The van der Waals surface area contributed by atoms with Crippen molar-refractivity contribution in [2.24, 2.45) is 10.2 Å². The van der Waals surface area contributed by atoms with Gasteiger partial charge < -0.3 is 11.5 Å². The van der Waals surface area contributed by atoms with Crippen LogP contribution in [-0.4, -0.2) is 30.9 Å². The molecule has 2 rings (SSSR count). The fraction of sp³-hybridized carbons (Fsp3) is 0. The van der Waals surface area contributed by atoms with Crippen molar-refractivity contribution in [3.05, 3.63) is 29.8 Å². The summed E-state index contributed by atoms with van der Waals surface area (Å²) in [7, 11) is -9.45. The van der Waals surface area contributed by atoms with Crippen molar-refractivity contribution in [2.75, 3.05) is 11.5 Å². The van der Waals surface area contributed by atoms with Crippen LogP contribution in [0.3, 0.4) is 0 Å². The normalized spacial score (nSPS) is 12.2. The van der Waals surface area contributed by atoms with Crippen molar-refractivity contribution in [1.82, 2.24) is 4.98 Å². The Kier molecular flexibility index (Phi) is 4.91. The Bertz CT molecular complexity index is 1170. The third kappa shape index (κ3) is 4.10. The predicted octanol–water partition coefficient (Wildman–Crippen LogP) is 1.03. The Morgan fingerprint density at radius 1 is 0.962 bits per heavy atom. The summed E-state index contributed by atoms with van der Waals surface area (Å²) < 4.78 is 63.4. The molecule has 0 aliphatic carbocycles. The van der Waals surface area contributed by atoms with Crippen LogP contribution >= 0.6 is 0 Å². The number of anilines is 2. The van der Waals surface area contributed by atoms with Crippen molar-refractivity contribution in [1.29, 1.82) is 5.26 Å². The van der Waals surface area contributed by atoms with Crippen molar-refractivity contribution >= 4 is 43.2 Å². The van der Waals surface area contributed by atoms with E-state index >= 15 is 0 Å². The Morgan fingerprint density at radius 3 is 2.12 bits per heavy atom. The molecule has 0 unspecified atom stereocenters. The van der Waals surface area contributed by atoms with Crippen molar-refractivity contribution < 1.29 is 25.9 Å². The number of nitrogens with two attached hydrogens (primary N) is 2. The zero-order valence-corrected chi connectivity index (χ0v) is 14.2. The van der Waals surface area contributed by atoms with Crippen molar-refractivity contribution in [3.8, 4) is 6.07 Å². The zero-order valence-electron chi connectivity index (χ0n) is 12.6. The molecule has 0 spiro atoms. The summed E-state index contributed by atoms with van der Waals surface area (Å²) in [6.45, 7) is 0. The first-order valence-corrected chi connectivity index (χ1v) is 9.28. The molecular formula is C12H10N6O6S2. The van der Waals surface area contributed by atoms with E-state index < -0.39 is 35.7 Å². The van der Waals surface area contributed by atoms with Crippen LogP contribution in [0.5, 0.6) is 0 Å². The second-order valence-corrected chi connectivity index (χ2v) is 7.53. The molecule has 0 fully saturated rings. The molecule has 1 aromatic carbocycles. The fourth-order valence-corrected chi connectivity index (χ4v) is 2.87. The zero-order chi connectivity index (χ0) is 19.7. The van der Waals surface area contributed by atoms with Crippen LogP contribution in [0.2, 0.25) is 0 Å². The van der Waals surface area contributed by atoms with E-state index in [-0.39, 0.29) is 22.9 Å². The van der Waals surface area contributed by atoms with Crippen LogP contribution in [0.25, 0.3) is 0 Å². The molecule has 0 saturated carbocycles. The lowest BCUT2D eigenvalue weighted by atomic mass is 10.2. The molecule has 0 aliphatic heterocycles. The van der Waals surface area contributed by atoms with Crippen LogP contribution < -0.4 is 11.5 Å². The number of rotatable bonds is 4. The molecule has 12 nitrogen and oxygen atoms in total. The minimum Gasteiger partial charge on any atom is -0.383 e. The molecular weight excluding hydrogens is 388 g/mol. The molecule has 0 amide bonds. The van der Waals surface area contributed by atoms with Gasteiger partial charge in [-0.05, 0) is 24.3 Å². The average molecular weight is 398 g/mol. The molecule has 0 saturated heterocycles. The molecule has 1 aromatic heterocycles. The number of hydrogen-bond donors (Lipinski definition) is 4. The maximum Gasteiger partial charge on any atom is 0.296 e. The van der Waals surface area contributed by atoms with E-state index in [4.69, 9.17) is 21.3 Å². The topological polar surface area (TPSA) is 222 Å². The molecule has 2 aromatic rings. The lowest BCUT2D eigenvalue weighted by Gasteiger charge is -2.05. The third-order valence-corrected chi connectivity index (χ3v) is 4.70. The van der Waals surface area contributed by atoms with Crippen LogP contribution in [-0.2, 0) is 20.2 Å². The summed E-state index contributed by atoms with van der Waals surface area (Å²) in [4.78, 5) is 2.21. The molecule has 1 heterocycles.